The van der Waals surface area contributed by atoms with E-state index in [4.69, 9.17) is 9.47 Å². The van der Waals surface area contributed by atoms with Gasteiger partial charge in [0.05, 0.1) is 0 Å². The van der Waals surface area contributed by atoms with Crippen molar-refractivity contribution in [2.45, 2.75) is 38.5 Å². The number of fused-ring (bicyclic) bond motifs is 1. The van der Waals surface area contributed by atoms with Crippen LogP contribution >= 0.6 is 0 Å². The molecule has 4 rings (SSSR count). The van der Waals surface area contributed by atoms with Crippen molar-refractivity contribution in [3.63, 3.8) is 0 Å². The first-order valence-corrected chi connectivity index (χ1v) is 11.6. The molecule has 1 saturated heterocycles. The van der Waals surface area contributed by atoms with Crippen molar-refractivity contribution >= 4 is 21.6 Å². The van der Waals surface area contributed by atoms with E-state index in [-0.39, 0.29) is 10.6 Å². The third kappa shape index (κ3) is 3.79. The van der Waals surface area contributed by atoms with E-state index in [0.29, 0.717) is 60.7 Å². The Morgan fingerprint density at radius 1 is 1.13 bits per heavy atom. The smallest absolute Gasteiger partial charge is 0.272 e. The molecule has 3 heterocycles. The molecule has 9 heteroatoms. The number of aromatic amines is 1. The first-order chi connectivity index (χ1) is 14.3. The van der Waals surface area contributed by atoms with Crippen molar-refractivity contribution in [3.05, 3.63) is 35.2 Å². The van der Waals surface area contributed by atoms with Crippen molar-refractivity contribution in [3.8, 4) is 11.5 Å². The quantitative estimate of drug-likeness (QED) is 0.772. The first kappa shape index (κ1) is 20.7. The number of piperidine rings is 1. The number of aryl methyl sites for hydroxylation is 1. The van der Waals surface area contributed by atoms with Gasteiger partial charge in [-0.3, -0.25) is 4.79 Å². The Hall–Kier alpha value is -2.52. The molecule has 0 radical (unpaired) electrons. The molecule has 0 bridgehead atoms. The lowest BCUT2D eigenvalue weighted by molar-refractivity contribution is 0.102. The number of nitrogens with one attached hydrogen (secondary N) is 2. The van der Waals surface area contributed by atoms with Crippen LogP contribution in [0.5, 0.6) is 11.5 Å². The van der Waals surface area contributed by atoms with Crippen LogP contribution in [0.4, 0.5) is 5.69 Å². The summed E-state index contributed by atoms with van der Waals surface area (Å²) >= 11 is 0. The average Bonchev–Trinajstić information content (AvgIpc) is 3.03. The van der Waals surface area contributed by atoms with Gasteiger partial charge < -0.3 is 19.8 Å². The number of rotatable bonds is 4. The summed E-state index contributed by atoms with van der Waals surface area (Å²) in [6, 6.07) is 5.16. The lowest BCUT2D eigenvalue weighted by atomic mass is 10.0. The SMILES string of the molecule is Cc1[nH]c(C(=O)Nc2ccc3c(c2)OCCO3)c(C)c1S(=O)(=O)N1CCC(C)CC1. The molecule has 0 aliphatic carbocycles. The third-order valence-electron chi connectivity index (χ3n) is 5.74. The molecule has 1 amide bonds. The Labute approximate surface area is 176 Å². The number of carbonyl (C=O) groups excluding carboxylic acids is 1. The number of ether oxygens (including phenoxy) is 2. The summed E-state index contributed by atoms with van der Waals surface area (Å²) in [6.07, 6.45) is 1.69. The van der Waals surface area contributed by atoms with Crippen LogP contribution in [0.15, 0.2) is 23.1 Å². The molecule has 0 saturated carbocycles. The fourth-order valence-corrected chi connectivity index (χ4v) is 5.89. The number of benzene rings is 1. The summed E-state index contributed by atoms with van der Waals surface area (Å²) in [7, 11) is -3.66. The first-order valence-electron chi connectivity index (χ1n) is 10.2. The van der Waals surface area contributed by atoms with Crippen molar-refractivity contribution in [2.24, 2.45) is 5.92 Å². The summed E-state index contributed by atoms with van der Waals surface area (Å²) in [4.78, 5) is 16.1. The van der Waals surface area contributed by atoms with Gasteiger partial charge in [0.1, 0.15) is 23.8 Å². The topological polar surface area (TPSA) is 101 Å². The molecule has 1 aromatic carbocycles. The molecule has 8 nitrogen and oxygen atoms in total. The molecule has 1 fully saturated rings. The molecule has 0 spiro atoms. The van der Waals surface area contributed by atoms with E-state index in [1.807, 2.05) is 0 Å². The summed E-state index contributed by atoms with van der Waals surface area (Å²) in [5.41, 5.74) is 1.69. The fourth-order valence-electron chi connectivity index (χ4n) is 4.02. The molecule has 2 aliphatic heterocycles. The Bertz CT molecular complexity index is 1070. The van der Waals surface area contributed by atoms with E-state index in [1.165, 1.54) is 4.31 Å². The molecule has 0 atom stereocenters. The lowest BCUT2D eigenvalue weighted by Crippen LogP contribution is -2.38. The van der Waals surface area contributed by atoms with Crippen LogP contribution in [0.3, 0.4) is 0 Å². The van der Waals surface area contributed by atoms with Crippen LogP contribution in [0.25, 0.3) is 0 Å². The van der Waals surface area contributed by atoms with Gasteiger partial charge >= 0.3 is 0 Å². The largest absolute Gasteiger partial charge is 0.486 e. The highest BCUT2D eigenvalue weighted by Gasteiger charge is 2.33. The monoisotopic (exact) mass is 433 g/mol. The molecule has 1 aromatic heterocycles. The van der Waals surface area contributed by atoms with E-state index >= 15 is 0 Å². The van der Waals surface area contributed by atoms with Gasteiger partial charge in [0.2, 0.25) is 10.0 Å². The third-order valence-corrected chi connectivity index (χ3v) is 7.91. The Balaban J connectivity index is 1.58. The second-order valence-electron chi connectivity index (χ2n) is 7.98. The van der Waals surface area contributed by atoms with Gasteiger partial charge in [0.15, 0.2) is 11.5 Å². The molecule has 0 unspecified atom stereocenters. The summed E-state index contributed by atoms with van der Waals surface area (Å²) in [6.45, 7) is 7.45. The predicted molar refractivity (Wildman–Crippen MR) is 113 cm³/mol. The van der Waals surface area contributed by atoms with Crippen molar-refractivity contribution in [1.29, 1.82) is 0 Å². The highest BCUT2D eigenvalue weighted by Crippen LogP contribution is 2.33. The second kappa shape index (κ2) is 7.96. The number of amides is 1. The minimum absolute atomic E-state index is 0.198. The van der Waals surface area contributed by atoms with E-state index in [2.05, 4.69) is 17.2 Å². The lowest BCUT2D eigenvalue weighted by Gasteiger charge is -2.29. The summed E-state index contributed by atoms with van der Waals surface area (Å²) in [5, 5.41) is 2.81. The highest BCUT2D eigenvalue weighted by molar-refractivity contribution is 7.89. The summed E-state index contributed by atoms with van der Waals surface area (Å²) in [5.74, 6) is 1.33. The van der Waals surface area contributed by atoms with E-state index in [9.17, 15) is 13.2 Å². The van der Waals surface area contributed by atoms with Crippen LogP contribution < -0.4 is 14.8 Å². The number of aromatic nitrogens is 1. The Morgan fingerprint density at radius 3 is 2.50 bits per heavy atom. The number of hydrogen-bond acceptors (Lipinski definition) is 5. The highest BCUT2D eigenvalue weighted by atomic mass is 32.2. The Kier molecular flexibility index (Phi) is 5.50. The second-order valence-corrected chi connectivity index (χ2v) is 9.85. The number of sulfonamides is 1. The molecule has 2 aromatic rings. The minimum Gasteiger partial charge on any atom is -0.486 e. The van der Waals surface area contributed by atoms with Crippen LogP contribution in [0, 0.1) is 19.8 Å². The van der Waals surface area contributed by atoms with Gasteiger partial charge in [-0.05, 0) is 50.3 Å². The normalized spacial score (nSPS) is 17.7. The minimum atomic E-state index is -3.66. The maximum Gasteiger partial charge on any atom is 0.272 e. The van der Waals surface area contributed by atoms with Crippen molar-refractivity contribution in [1.82, 2.24) is 9.29 Å². The van der Waals surface area contributed by atoms with Crippen LogP contribution in [-0.4, -0.2) is 49.9 Å². The van der Waals surface area contributed by atoms with Crippen molar-refractivity contribution in [2.75, 3.05) is 31.6 Å². The molecule has 162 valence electrons. The van der Waals surface area contributed by atoms with Gasteiger partial charge in [-0.15, -0.1) is 0 Å². The number of carbonyl (C=O) groups is 1. The van der Waals surface area contributed by atoms with Crippen molar-refractivity contribution < 1.29 is 22.7 Å². The number of nitrogens with zero attached hydrogens (tertiary/aromatic N) is 1. The number of hydrogen-bond donors (Lipinski definition) is 2. The van der Waals surface area contributed by atoms with E-state index in [1.54, 1.807) is 32.0 Å². The maximum absolute atomic E-state index is 13.2. The maximum atomic E-state index is 13.2. The van der Waals surface area contributed by atoms with E-state index < -0.39 is 15.9 Å². The molecular formula is C21H27N3O5S. The molecule has 30 heavy (non-hydrogen) atoms. The number of anilines is 1. The van der Waals surface area contributed by atoms with Gasteiger partial charge in [0.25, 0.3) is 5.91 Å². The van der Waals surface area contributed by atoms with Gasteiger partial charge in [-0.1, -0.05) is 6.92 Å². The van der Waals surface area contributed by atoms with E-state index in [0.717, 1.165) is 12.8 Å². The molecular weight excluding hydrogens is 406 g/mol. The molecule has 2 aliphatic rings. The predicted octanol–water partition coefficient (Wildman–Crippen LogP) is 3.08. The van der Waals surface area contributed by atoms with Crippen LogP contribution in [-0.2, 0) is 10.0 Å². The van der Waals surface area contributed by atoms with Gasteiger partial charge in [-0.25, -0.2) is 8.42 Å². The average molecular weight is 434 g/mol. The Morgan fingerprint density at radius 2 is 1.80 bits per heavy atom. The number of H-pyrrole nitrogens is 1. The standard InChI is InChI=1S/C21H27N3O5S/c1-13-6-8-24(9-7-13)30(26,27)20-14(2)19(22-15(20)3)21(25)23-16-4-5-17-18(12-16)29-11-10-28-17/h4-5,12-13,22H,6-11H2,1-3H3,(H,23,25). The summed E-state index contributed by atoms with van der Waals surface area (Å²) < 4.78 is 39.0. The van der Waals surface area contributed by atoms with Crippen LogP contribution in [0.2, 0.25) is 0 Å². The zero-order valence-corrected chi connectivity index (χ0v) is 18.3. The molecule has 2 N–H and O–H groups in total. The zero-order chi connectivity index (χ0) is 21.5. The van der Waals surface area contributed by atoms with Crippen LogP contribution in [0.1, 0.15) is 41.5 Å². The van der Waals surface area contributed by atoms with Gasteiger partial charge in [0, 0.05) is 30.5 Å². The zero-order valence-electron chi connectivity index (χ0n) is 17.4. The van der Waals surface area contributed by atoms with Gasteiger partial charge in [-0.2, -0.15) is 4.31 Å². The fraction of sp³-hybridized carbons (Fsp3) is 0.476.